The zero-order valence-electron chi connectivity index (χ0n) is 27.7. The minimum Gasteiger partial charge on any atom is -0.503 e. The van der Waals surface area contributed by atoms with Gasteiger partial charge in [-0.05, 0) is 92.1 Å². The minimum absolute atomic E-state index is 0.0514. The van der Waals surface area contributed by atoms with Gasteiger partial charge in [0, 0.05) is 27.5 Å². The number of nitrogens with zero attached hydrogens (tertiary/aromatic N) is 3. The van der Waals surface area contributed by atoms with Gasteiger partial charge in [0.2, 0.25) is 23.6 Å². The van der Waals surface area contributed by atoms with Gasteiger partial charge in [0.15, 0.2) is 11.5 Å². The Morgan fingerprint density at radius 1 is 0.868 bits per heavy atom. The van der Waals surface area contributed by atoms with Crippen molar-refractivity contribution < 1.29 is 33.9 Å². The molecule has 0 spiro atoms. The molecule has 6 unspecified atom stereocenters. The first-order valence-corrected chi connectivity index (χ1v) is 18.6. The zero-order chi connectivity index (χ0) is 37.5. The fourth-order valence-corrected chi connectivity index (χ4v) is 10.2. The summed E-state index contributed by atoms with van der Waals surface area (Å²) in [5.41, 5.74) is 0.310. The van der Waals surface area contributed by atoms with Crippen LogP contribution in [0.3, 0.4) is 0 Å². The molecule has 2 saturated heterocycles. The molecule has 2 heterocycles. The number of carbonyl (C=O) groups excluding carboxylic acids is 4. The van der Waals surface area contributed by atoms with E-state index in [1.54, 1.807) is 42.5 Å². The number of nitro benzene ring substituents is 1. The quantitative estimate of drug-likeness (QED) is 0.0893. The van der Waals surface area contributed by atoms with Crippen LogP contribution in [0.5, 0.6) is 11.5 Å². The number of hydrogen-bond acceptors (Lipinski definition) is 8. The highest BCUT2D eigenvalue weighted by molar-refractivity contribution is 9.13. The number of allylic oxidation sites excluding steroid dienone is 2. The highest BCUT2D eigenvalue weighted by Crippen LogP contribution is 2.66. The third-order valence-electron chi connectivity index (χ3n) is 11.2. The normalized spacial score (nSPS) is 26.3. The molecule has 53 heavy (non-hydrogen) atoms. The number of hydrogen-bond donors (Lipinski definition) is 1. The summed E-state index contributed by atoms with van der Waals surface area (Å²) in [6.45, 7) is 0. The van der Waals surface area contributed by atoms with Crippen molar-refractivity contribution in [2.24, 2.45) is 23.7 Å². The number of non-ortho nitro benzene ring substituents is 1. The van der Waals surface area contributed by atoms with Gasteiger partial charge in [0.25, 0.3) is 5.69 Å². The van der Waals surface area contributed by atoms with E-state index in [9.17, 15) is 29.6 Å². The molecule has 0 radical (unpaired) electrons. The van der Waals surface area contributed by atoms with Crippen LogP contribution in [0.15, 0.2) is 106 Å². The molecule has 1 N–H and O–H groups in total. The molecule has 4 amide bonds. The average molecular weight is 862 g/mol. The summed E-state index contributed by atoms with van der Waals surface area (Å²) in [7, 11) is 1.40. The number of fused-ring (bicyclic) bond motifs is 4. The van der Waals surface area contributed by atoms with E-state index in [0.29, 0.717) is 31.9 Å². The van der Waals surface area contributed by atoms with Crippen LogP contribution in [0.1, 0.15) is 29.9 Å². The van der Waals surface area contributed by atoms with Gasteiger partial charge < -0.3 is 9.84 Å². The van der Waals surface area contributed by atoms with Gasteiger partial charge in [0.05, 0.1) is 51.0 Å². The second-order valence-electron chi connectivity index (χ2n) is 13.5. The number of nitro groups is 1. The Hall–Kier alpha value is -4.85. The number of amides is 4. The fraction of sp³-hybridized carbons (Fsp3) is 0.231. The van der Waals surface area contributed by atoms with Gasteiger partial charge in [-0.25, -0.2) is 9.80 Å². The lowest BCUT2D eigenvalue weighted by Gasteiger charge is -2.51. The molecule has 4 aliphatic rings. The maximum absolute atomic E-state index is 15.5. The second kappa shape index (κ2) is 12.9. The maximum Gasteiger partial charge on any atom is 0.271 e. The molecule has 8 rings (SSSR count). The van der Waals surface area contributed by atoms with Crippen molar-refractivity contribution in [2.45, 2.75) is 24.2 Å². The SMILES string of the molecule is COc1cc(C2C3=CCC4C(=O)N(c5cccc([N+](=O)[O-])c5)C(=O)C4C3CC3C(=O)N(c4cccc(Cl)c4)C(=O)C32c2ccccc2)c(Br)c(Br)c1O. The highest BCUT2D eigenvalue weighted by Gasteiger charge is 2.70. The van der Waals surface area contributed by atoms with E-state index in [0.717, 1.165) is 4.90 Å². The van der Waals surface area contributed by atoms with E-state index in [4.69, 9.17) is 16.3 Å². The van der Waals surface area contributed by atoms with Crippen molar-refractivity contribution >= 4 is 84.2 Å². The van der Waals surface area contributed by atoms with Crippen molar-refractivity contribution in [3.63, 3.8) is 0 Å². The first-order chi connectivity index (χ1) is 25.4. The van der Waals surface area contributed by atoms with Crippen LogP contribution < -0.4 is 14.5 Å². The smallest absolute Gasteiger partial charge is 0.271 e. The molecule has 6 atom stereocenters. The van der Waals surface area contributed by atoms with Crippen LogP contribution in [0.4, 0.5) is 17.1 Å². The molecule has 4 aromatic carbocycles. The van der Waals surface area contributed by atoms with Crippen LogP contribution in [-0.2, 0) is 24.6 Å². The minimum atomic E-state index is -1.56. The monoisotopic (exact) mass is 859 g/mol. The number of benzene rings is 4. The number of rotatable bonds is 6. The molecule has 0 bridgehead atoms. The van der Waals surface area contributed by atoms with E-state index in [1.165, 1.54) is 36.3 Å². The van der Waals surface area contributed by atoms with Gasteiger partial charge >= 0.3 is 0 Å². The van der Waals surface area contributed by atoms with Gasteiger partial charge in [-0.15, -0.1) is 0 Å². The summed E-state index contributed by atoms with van der Waals surface area (Å²) in [6.07, 6.45) is 2.10. The Morgan fingerprint density at radius 2 is 1.57 bits per heavy atom. The molecular formula is C39H28Br2ClN3O8. The largest absolute Gasteiger partial charge is 0.503 e. The predicted octanol–water partition coefficient (Wildman–Crippen LogP) is 7.85. The Morgan fingerprint density at radius 3 is 2.25 bits per heavy atom. The molecule has 11 nitrogen and oxygen atoms in total. The molecule has 0 aromatic heterocycles. The molecule has 2 aliphatic heterocycles. The summed E-state index contributed by atoms with van der Waals surface area (Å²) < 4.78 is 6.26. The topological polar surface area (TPSA) is 147 Å². The first kappa shape index (κ1) is 35.2. The molecule has 4 aromatic rings. The molecule has 268 valence electrons. The molecule has 2 aliphatic carbocycles. The van der Waals surface area contributed by atoms with Gasteiger partial charge in [-0.1, -0.05) is 65.7 Å². The standard InChI is InChI=1S/C39H28Br2ClN3O8/c1-53-29-18-27(32(40)33(41)34(29)46)31-24-13-14-25-30(37(49)43(35(25)47)22-11-6-12-23(16-22)45(51)52)26(24)17-28-36(48)44(21-10-5-9-20(42)15-21)38(50)39(28,31)19-7-3-2-4-8-19/h2-13,15-16,18,25-26,28,30-31,46H,14,17H2,1H3. The van der Waals surface area contributed by atoms with Crippen LogP contribution in [0.25, 0.3) is 0 Å². The lowest BCUT2D eigenvalue weighted by atomic mass is 9.49. The Bertz CT molecular complexity index is 2320. The van der Waals surface area contributed by atoms with E-state index >= 15 is 4.79 Å². The van der Waals surface area contributed by atoms with Gasteiger partial charge in [-0.3, -0.25) is 29.3 Å². The fourth-order valence-electron chi connectivity index (χ4n) is 9.07. The van der Waals surface area contributed by atoms with Gasteiger partial charge in [0.1, 0.15) is 0 Å². The van der Waals surface area contributed by atoms with Crippen LogP contribution >= 0.6 is 43.5 Å². The lowest BCUT2D eigenvalue weighted by Crippen LogP contribution is -2.53. The number of imide groups is 2. The summed E-state index contributed by atoms with van der Waals surface area (Å²) in [6, 6.07) is 22.6. The van der Waals surface area contributed by atoms with Crippen molar-refractivity contribution in [1.29, 1.82) is 0 Å². The number of aromatic hydroxyl groups is 1. The number of halogens is 3. The zero-order valence-corrected chi connectivity index (χ0v) is 31.7. The Labute approximate surface area is 324 Å². The number of ether oxygens (including phenoxy) is 1. The number of methoxy groups -OCH3 is 1. The third-order valence-corrected chi connectivity index (χ3v) is 13.6. The first-order valence-electron chi connectivity index (χ1n) is 16.7. The van der Waals surface area contributed by atoms with Crippen LogP contribution in [-0.4, -0.2) is 40.8 Å². The number of carbonyl (C=O) groups is 4. The maximum atomic E-state index is 15.5. The number of anilines is 2. The average Bonchev–Trinajstić information content (AvgIpc) is 3.55. The molecule has 3 fully saturated rings. The summed E-state index contributed by atoms with van der Waals surface area (Å²) >= 11 is 13.6. The van der Waals surface area contributed by atoms with E-state index in [2.05, 4.69) is 31.9 Å². The molecular weight excluding hydrogens is 834 g/mol. The van der Waals surface area contributed by atoms with Crippen molar-refractivity contribution in [3.8, 4) is 11.5 Å². The van der Waals surface area contributed by atoms with E-state index in [1.807, 2.05) is 24.3 Å². The van der Waals surface area contributed by atoms with Crippen molar-refractivity contribution in [2.75, 3.05) is 16.9 Å². The highest BCUT2D eigenvalue weighted by atomic mass is 79.9. The number of phenols is 1. The molecule has 14 heteroatoms. The van der Waals surface area contributed by atoms with Crippen molar-refractivity contribution in [3.05, 3.63) is 132 Å². The van der Waals surface area contributed by atoms with Gasteiger partial charge in [-0.2, -0.15) is 0 Å². The van der Waals surface area contributed by atoms with E-state index in [-0.39, 0.29) is 40.2 Å². The summed E-state index contributed by atoms with van der Waals surface area (Å²) in [4.78, 5) is 72.3. The predicted molar refractivity (Wildman–Crippen MR) is 202 cm³/mol. The summed E-state index contributed by atoms with van der Waals surface area (Å²) in [5, 5.41) is 23.0. The van der Waals surface area contributed by atoms with E-state index < -0.39 is 63.6 Å². The second-order valence-corrected chi connectivity index (χ2v) is 15.5. The Balaban J connectivity index is 1.38. The number of phenolic OH excluding ortho intramolecular Hbond substituents is 1. The van der Waals surface area contributed by atoms with Crippen LogP contribution in [0.2, 0.25) is 5.02 Å². The summed E-state index contributed by atoms with van der Waals surface area (Å²) in [5.74, 6) is -6.43. The Kier molecular flexibility index (Phi) is 8.58. The van der Waals surface area contributed by atoms with Crippen molar-refractivity contribution in [1.82, 2.24) is 0 Å². The van der Waals surface area contributed by atoms with Crippen LogP contribution in [0, 0.1) is 33.8 Å². The molecule has 1 saturated carbocycles. The third kappa shape index (κ3) is 5.04. The lowest BCUT2D eigenvalue weighted by molar-refractivity contribution is -0.384.